The normalized spacial score (nSPS) is 11.0. The summed E-state index contributed by atoms with van der Waals surface area (Å²) in [5, 5.41) is 11.4. The molecule has 2 aromatic carbocycles. The number of nitrogens with two attached hydrogens (primary N) is 1. The van der Waals surface area contributed by atoms with Gasteiger partial charge in [0.15, 0.2) is 5.82 Å². The van der Waals surface area contributed by atoms with Crippen LogP contribution in [0.4, 0.5) is 10.1 Å². The molecule has 27 heavy (non-hydrogen) atoms. The number of carbonyl (C=O) groups is 1. The minimum Gasteiger partial charge on any atom is -0.335 e. The summed E-state index contributed by atoms with van der Waals surface area (Å²) >= 11 is 1.19. The maximum Gasteiger partial charge on any atom is 0.234 e. The third kappa shape index (κ3) is 4.46. The summed E-state index contributed by atoms with van der Waals surface area (Å²) in [6, 6.07) is 13.5. The van der Waals surface area contributed by atoms with Crippen LogP contribution in [-0.2, 0) is 4.79 Å². The van der Waals surface area contributed by atoms with E-state index in [4.69, 9.17) is 5.84 Å². The second kappa shape index (κ2) is 8.22. The van der Waals surface area contributed by atoms with Crippen molar-refractivity contribution in [1.29, 1.82) is 0 Å². The van der Waals surface area contributed by atoms with Crippen LogP contribution < -0.4 is 11.2 Å². The molecule has 0 spiro atoms. The van der Waals surface area contributed by atoms with E-state index < -0.39 is 0 Å². The Hall–Kier alpha value is -2.87. The Morgan fingerprint density at radius 2 is 1.89 bits per heavy atom. The number of amides is 1. The molecule has 3 N–H and O–H groups in total. The predicted molar refractivity (Wildman–Crippen MR) is 105 cm³/mol. The van der Waals surface area contributed by atoms with Crippen molar-refractivity contribution < 1.29 is 9.18 Å². The van der Waals surface area contributed by atoms with Gasteiger partial charge in [-0.3, -0.25) is 4.79 Å². The Bertz CT molecular complexity index is 940. The topological polar surface area (TPSA) is 85.8 Å². The highest BCUT2D eigenvalue weighted by Gasteiger charge is 2.15. The van der Waals surface area contributed by atoms with E-state index in [0.29, 0.717) is 22.5 Å². The summed E-state index contributed by atoms with van der Waals surface area (Å²) in [4.78, 5) is 12.3. The van der Waals surface area contributed by atoms with Gasteiger partial charge >= 0.3 is 0 Å². The molecule has 0 saturated carbocycles. The molecule has 0 aliphatic rings. The third-order valence-corrected chi connectivity index (χ3v) is 4.90. The molecule has 6 nitrogen and oxygen atoms in total. The number of hydrogen-bond donors (Lipinski definition) is 2. The Kier molecular flexibility index (Phi) is 5.75. The number of para-hydroxylation sites is 1. The molecule has 1 amide bonds. The first kappa shape index (κ1) is 18.9. The fourth-order valence-corrected chi connectivity index (χ4v) is 3.26. The second-order valence-electron chi connectivity index (χ2n) is 6.26. The van der Waals surface area contributed by atoms with Gasteiger partial charge in [-0.1, -0.05) is 43.8 Å². The summed E-state index contributed by atoms with van der Waals surface area (Å²) < 4.78 is 14.4. The van der Waals surface area contributed by atoms with Crippen LogP contribution in [0.2, 0.25) is 0 Å². The number of hydrogen-bond acceptors (Lipinski definition) is 5. The lowest BCUT2D eigenvalue weighted by atomic mass is 10.0. The van der Waals surface area contributed by atoms with Crippen molar-refractivity contribution >= 4 is 23.4 Å². The van der Waals surface area contributed by atoms with Crippen LogP contribution in [0.5, 0.6) is 0 Å². The number of aromatic nitrogens is 3. The Labute approximate surface area is 161 Å². The van der Waals surface area contributed by atoms with Crippen LogP contribution in [0.1, 0.15) is 25.3 Å². The van der Waals surface area contributed by atoms with Crippen LogP contribution in [0.25, 0.3) is 11.4 Å². The number of nitrogens with zero attached hydrogens (tertiary/aromatic N) is 3. The van der Waals surface area contributed by atoms with E-state index >= 15 is 0 Å². The quantitative estimate of drug-likeness (QED) is 0.500. The lowest BCUT2D eigenvalue weighted by Crippen LogP contribution is -2.17. The summed E-state index contributed by atoms with van der Waals surface area (Å²) in [7, 11) is 0. The SMILES string of the molecule is CC(C)c1ccccc1NC(=O)CSc1nnc(-c2ccc(F)cc2)n1N. The van der Waals surface area contributed by atoms with Gasteiger partial charge in [-0.2, -0.15) is 0 Å². The standard InChI is InChI=1S/C19H20FN5OS/c1-12(2)15-5-3-4-6-16(15)22-17(26)11-27-19-24-23-18(25(19)21)13-7-9-14(20)10-8-13/h3-10,12H,11,21H2,1-2H3,(H,22,26). The first-order chi connectivity index (χ1) is 13.0. The van der Waals surface area contributed by atoms with Crippen molar-refractivity contribution in [3.63, 3.8) is 0 Å². The highest BCUT2D eigenvalue weighted by molar-refractivity contribution is 7.99. The number of carbonyl (C=O) groups excluding carboxylic acids is 1. The van der Waals surface area contributed by atoms with Gasteiger partial charge < -0.3 is 11.2 Å². The van der Waals surface area contributed by atoms with Crippen molar-refractivity contribution in [1.82, 2.24) is 14.9 Å². The number of nitrogen functional groups attached to an aromatic ring is 1. The molecule has 140 valence electrons. The van der Waals surface area contributed by atoms with Crippen molar-refractivity contribution in [3.05, 3.63) is 59.9 Å². The molecule has 0 aliphatic carbocycles. The molecule has 0 aliphatic heterocycles. The number of anilines is 1. The van der Waals surface area contributed by atoms with E-state index in [1.54, 1.807) is 12.1 Å². The molecule has 8 heteroatoms. The second-order valence-corrected chi connectivity index (χ2v) is 7.20. The van der Waals surface area contributed by atoms with Crippen LogP contribution in [0.15, 0.2) is 53.7 Å². The summed E-state index contributed by atoms with van der Waals surface area (Å²) in [6.45, 7) is 4.15. The van der Waals surface area contributed by atoms with Gasteiger partial charge in [0, 0.05) is 11.3 Å². The largest absolute Gasteiger partial charge is 0.335 e. The number of benzene rings is 2. The summed E-state index contributed by atoms with van der Waals surface area (Å²) in [5.41, 5.74) is 2.53. The van der Waals surface area contributed by atoms with Crippen molar-refractivity contribution in [2.75, 3.05) is 16.9 Å². The molecule has 0 radical (unpaired) electrons. The smallest absolute Gasteiger partial charge is 0.234 e. The fourth-order valence-electron chi connectivity index (χ4n) is 2.60. The molecule has 1 heterocycles. The van der Waals surface area contributed by atoms with Gasteiger partial charge in [-0.25, -0.2) is 9.07 Å². The Balaban J connectivity index is 1.65. The van der Waals surface area contributed by atoms with Crippen molar-refractivity contribution in [3.8, 4) is 11.4 Å². The number of rotatable bonds is 6. The maximum absolute atomic E-state index is 13.1. The van der Waals surface area contributed by atoms with Crippen LogP contribution in [-0.4, -0.2) is 26.5 Å². The monoisotopic (exact) mass is 385 g/mol. The highest BCUT2D eigenvalue weighted by atomic mass is 32.2. The van der Waals surface area contributed by atoms with Gasteiger partial charge in [-0.05, 0) is 41.8 Å². The molecule has 0 bridgehead atoms. The van der Waals surface area contributed by atoms with E-state index in [1.807, 2.05) is 24.3 Å². The maximum atomic E-state index is 13.1. The molecular formula is C19H20FN5OS. The first-order valence-corrected chi connectivity index (χ1v) is 9.42. The molecular weight excluding hydrogens is 365 g/mol. The van der Waals surface area contributed by atoms with E-state index in [2.05, 4.69) is 29.4 Å². The minimum absolute atomic E-state index is 0.144. The molecule has 0 atom stereocenters. The average Bonchev–Trinajstić information content (AvgIpc) is 3.01. The number of nitrogens with one attached hydrogen (secondary N) is 1. The lowest BCUT2D eigenvalue weighted by molar-refractivity contribution is -0.113. The molecule has 0 unspecified atom stereocenters. The van der Waals surface area contributed by atoms with E-state index in [9.17, 15) is 9.18 Å². The highest BCUT2D eigenvalue weighted by Crippen LogP contribution is 2.25. The minimum atomic E-state index is -0.338. The fraction of sp³-hybridized carbons (Fsp3) is 0.211. The Morgan fingerprint density at radius 1 is 1.19 bits per heavy atom. The van der Waals surface area contributed by atoms with E-state index in [1.165, 1.54) is 28.6 Å². The molecule has 3 rings (SSSR count). The molecule has 0 saturated heterocycles. The van der Waals surface area contributed by atoms with E-state index in [0.717, 1.165) is 11.3 Å². The van der Waals surface area contributed by atoms with Gasteiger partial charge in [0.1, 0.15) is 5.82 Å². The third-order valence-electron chi connectivity index (χ3n) is 3.96. The van der Waals surface area contributed by atoms with Gasteiger partial charge in [0.05, 0.1) is 5.75 Å². The van der Waals surface area contributed by atoms with Gasteiger partial charge in [0.2, 0.25) is 11.1 Å². The van der Waals surface area contributed by atoms with Crippen LogP contribution >= 0.6 is 11.8 Å². The number of halogens is 1. The molecule has 0 fully saturated rings. The lowest BCUT2D eigenvalue weighted by Gasteiger charge is -2.13. The summed E-state index contributed by atoms with van der Waals surface area (Å²) in [5.74, 6) is 6.38. The van der Waals surface area contributed by atoms with Crippen LogP contribution in [0, 0.1) is 5.82 Å². The van der Waals surface area contributed by atoms with Gasteiger partial charge in [-0.15, -0.1) is 10.2 Å². The molecule has 1 aromatic heterocycles. The zero-order valence-corrected chi connectivity index (χ0v) is 15.8. The molecule has 3 aromatic rings. The Morgan fingerprint density at radius 3 is 2.59 bits per heavy atom. The average molecular weight is 385 g/mol. The first-order valence-electron chi connectivity index (χ1n) is 8.43. The summed E-state index contributed by atoms with van der Waals surface area (Å²) in [6.07, 6.45) is 0. The predicted octanol–water partition coefficient (Wildman–Crippen LogP) is 3.65. The van der Waals surface area contributed by atoms with Gasteiger partial charge in [0.25, 0.3) is 0 Å². The zero-order chi connectivity index (χ0) is 19.4. The number of thioether (sulfide) groups is 1. The van der Waals surface area contributed by atoms with Crippen LogP contribution in [0.3, 0.4) is 0 Å². The van der Waals surface area contributed by atoms with E-state index in [-0.39, 0.29) is 17.5 Å². The van der Waals surface area contributed by atoms with Crippen molar-refractivity contribution in [2.24, 2.45) is 0 Å². The van der Waals surface area contributed by atoms with Crippen molar-refractivity contribution in [2.45, 2.75) is 24.9 Å². The zero-order valence-electron chi connectivity index (χ0n) is 15.0.